The van der Waals surface area contributed by atoms with Gasteiger partial charge in [0.2, 0.25) is 0 Å². The normalized spacial score (nSPS) is 12.2. The fourth-order valence-corrected chi connectivity index (χ4v) is 1.14. The van der Waals surface area contributed by atoms with Gasteiger partial charge in [-0.1, -0.05) is 0 Å². The molecule has 120 valence electrons. The number of Topliss-reactive ketones (excluding diaryl/α,β-unsaturated/α-hetero) is 1. The summed E-state index contributed by atoms with van der Waals surface area (Å²) >= 11 is 0. The fraction of sp³-hybridized carbons (Fsp3) is 0.636. The number of hydrogen-bond donors (Lipinski definition) is 1. The van der Waals surface area contributed by atoms with Crippen molar-refractivity contribution < 1.29 is 41.8 Å². The SMILES string of the molecule is CCOC(=O)[C@H](CC(=O)COC(C)=O)NC(=O)C(F)(F)F. The molecule has 0 heterocycles. The van der Waals surface area contributed by atoms with Crippen LogP contribution in [0.2, 0.25) is 0 Å². The number of esters is 2. The van der Waals surface area contributed by atoms with E-state index in [-0.39, 0.29) is 6.61 Å². The maximum absolute atomic E-state index is 12.1. The topological polar surface area (TPSA) is 98.8 Å². The van der Waals surface area contributed by atoms with Gasteiger partial charge in [0.1, 0.15) is 12.6 Å². The summed E-state index contributed by atoms with van der Waals surface area (Å²) in [6.07, 6.45) is -5.99. The summed E-state index contributed by atoms with van der Waals surface area (Å²) < 4.78 is 45.2. The van der Waals surface area contributed by atoms with Gasteiger partial charge in [-0.05, 0) is 6.92 Å². The molecule has 7 nitrogen and oxygen atoms in total. The van der Waals surface area contributed by atoms with Crippen LogP contribution in [0.15, 0.2) is 0 Å². The molecule has 21 heavy (non-hydrogen) atoms. The van der Waals surface area contributed by atoms with Crippen LogP contribution in [0.5, 0.6) is 0 Å². The van der Waals surface area contributed by atoms with Crippen LogP contribution in [0.4, 0.5) is 13.2 Å². The summed E-state index contributed by atoms with van der Waals surface area (Å²) in [4.78, 5) is 44.1. The van der Waals surface area contributed by atoms with Crippen LogP contribution in [-0.2, 0) is 28.7 Å². The lowest BCUT2D eigenvalue weighted by atomic mass is 10.1. The Bertz CT molecular complexity index is 421. The highest BCUT2D eigenvalue weighted by atomic mass is 19.4. The lowest BCUT2D eigenvalue weighted by Crippen LogP contribution is -2.48. The number of ketones is 1. The summed E-state index contributed by atoms with van der Waals surface area (Å²) in [5, 5.41) is 1.36. The average Bonchev–Trinajstić information content (AvgIpc) is 2.34. The molecule has 0 rings (SSSR count). The zero-order valence-corrected chi connectivity index (χ0v) is 11.3. The first-order chi connectivity index (χ1) is 9.57. The van der Waals surface area contributed by atoms with Crippen molar-refractivity contribution in [3.63, 3.8) is 0 Å². The number of alkyl halides is 3. The predicted octanol–water partition coefficient (Wildman–Crippen LogP) is 0.119. The molecule has 0 saturated heterocycles. The standard InChI is InChI=1S/C11H14F3NO6/c1-3-20-9(18)8(15-10(19)11(12,13)14)4-7(17)5-21-6(2)16/h8H,3-5H2,1-2H3,(H,15,19)/t8-/m0/s1. The molecule has 1 atom stereocenters. The smallest absolute Gasteiger partial charge is 0.464 e. The Kier molecular flexibility index (Phi) is 7.39. The van der Waals surface area contributed by atoms with Gasteiger partial charge in [0.25, 0.3) is 0 Å². The van der Waals surface area contributed by atoms with Gasteiger partial charge in [-0.3, -0.25) is 14.4 Å². The van der Waals surface area contributed by atoms with Gasteiger partial charge < -0.3 is 14.8 Å². The number of carbonyl (C=O) groups is 4. The van der Waals surface area contributed by atoms with E-state index in [0.29, 0.717) is 0 Å². The van der Waals surface area contributed by atoms with Crippen molar-refractivity contribution >= 4 is 23.6 Å². The number of carbonyl (C=O) groups excluding carboxylic acids is 4. The monoisotopic (exact) mass is 313 g/mol. The van der Waals surface area contributed by atoms with E-state index in [1.165, 1.54) is 12.2 Å². The summed E-state index contributed by atoms with van der Waals surface area (Å²) in [6, 6.07) is -1.80. The Morgan fingerprint density at radius 1 is 1.14 bits per heavy atom. The third-order valence-corrected chi connectivity index (χ3v) is 2.00. The minimum atomic E-state index is -5.20. The van der Waals surface area contributed by atoms with Gasteiger partial charge in [-0.2, -0.15) is 13.2 Å². The molecule has 0 bridgehead atoms. The van der Waals surface area contributed by atoms with Gasteiger partial charge in [-0.15, -0.1) is 0 Å². The lowest BCUT2D eigenvalue weighted by molar-refractivity contribution is -0.176. The zero-order valence-electron chi connectivity index (χ0n) is 11.3. The van der Waals surface area contributed by atoms with Gasteiger partial charge in [0.05, 0.1) is 6.61 Å². The Morgan fingerprint density at radius 2 is 1.71 bits per heavy atom. The van der Waals surface area contributed by atoms with Crippen LogP contribution in [-0.4, -0.2) is 49.1 Å². The highest BCUT2D eigenvalue weighted by Crippen LogP contribution is 2.15. The van der Waals surface area contributed by atoms with Crippen molar-refractivity contribution in [3.05, 3.63) is 0 Å². The Morgan fingerprint density at radius 3 is 2.14 bits per heavy atom. The third kappa shape index (κ3) is 7.90. The third-order valence-electron chi connectivity index (χ3n) is 2.00. The number of hydrogen-bond acceptors (Lipinski definition) is 6. The first-order valence-corrected chi connectivity index (χ1v) is 5.77. The zero-order chi connectivity index (χ0) is 16.6. The number of rotatable bonds is 7. The van der Waals surface area contributed by atoms with Gasteiger partial charge in [0.15, 0.2) is 5.78 Å². The van der Waals surface area contributed by atoms with Gasteiger partial charge in [-0.25, -0.2) is 4.79 Å². The molecule has 0 aromatic carbocycles. The summed E-state index contributed by atoms with van der Waals surface area (Å²) in [5.74, 6) is -5.17. The summed E-state index contributed by atoms with van der Waals surface area (Å²) in [7, 11) is 0. The molecule has 0 saturated carbocycles. The van der Waals surface area contributed by atoms with Crippen molar-refractivity contribution in [2.75, 3.05) is 13.2 Å². The van der Waals surface area contributed by atoms with Crippen LogP contribution >= 0.6 is 0 Å². The molecule has 0 aliphatic carbocycles. The first kappa shape index (κ1) is 18.9. The second-order valence-corrected chi connectivity index (χ2v) is 3.80. The van der Waals surface area contributed by atoms with E-state index in [0.717, 1.165) is 6.92 Å². The molecule has 0 aliphatic heterocycles. The van der Waals surface area contributed by atoms with E-state index in [1.807, 2.05) is 0 Å². The summed E-state index contributed by atoms with van der Waals surface area (Å²) in [6.45, 7) is 1.57. The van der Waals surface area contributed by atoms with Crippen molar-refractivity contribution in [3.8, 4) is 0 Å². The minimum Gasteiger partial charge on any atom is -0.464 e. The first-order valence-electron chi connectivity index (χ1n) is 5.77. The van der Waals surface area contributed by atoms with E-state index < -0.39 is 48.9 Å². The molecule has 1 amide bonds. The maximum Gasteiger partial charge on any atom is 0.471 e. The van der Waals surface area contributed by atoms with E-state index >= 15 is 0 Å². The van der Waals surface area contributed by atoms with Crippen LogP contribution in [0, 0.1) is 0 Å². The van der Waals surface area contributed by atoms with Crippen molar-refractivity contribution in [2.24, 2.45) is 0 Å². The van der Waals surface area contributed by atoms with Gasteiger partial charge in [0, 0.05) is 13.3 Å². The molecule has 10 heteroatoms. The molecule has 0 aromatic heterocycles. The Labute approximate surface area is 117 Å². The highest BCUT2D eigenvalue weighted by molar-refractivity contribution is 5.92. The van der Waals surface area contributed by atoms with Crippen LogP contribution in [0.25, 0.3) is 0 Å². The van der Waals surface area contributed by atoms with Crippen LogP contribution < -0.4 is 5.32 Å². The molecule has 1 N–H and O–H groups in total. The van der Waals surface area contributed by atoms with Crippen molar-refractivity contribution in [2.45, 2.75) is 32.5 Å². The van der Waals surface area contributed by atoms with E-state index in [2.05, 4.69) is 9.47 Å². The van der Waals surface area contributed by atoms with Crippen molar-refractivity contribution in [1.82, 2.24) is 5.32 Å². The fourth-order valence-electron chi connectivity index (χ4n) is 1.14. The van der Waals surface area contributed by atoms with Gasteiger partial charge >= 0.3 is 24.0 Å². The molecule has 0 aromatic rings. The number of amides is 1. The average molecular weight is 313 g/mol. The van der Waals surface area contributed by atoms with Crippen LogP contribution in [0.3, 0.4) is 0 Å². The summed E-state index contributed by atoms with van der Waals surface area (Å²) in [5.41, 5.74) is 0. The molecule has 0 radical (unpaired) electrons. The maximum atomic E-state index is 12.1. The second kappa shape index (κ2) is 8.22. The minimum absolute atomic E-state index is 0.143. The Hall–Kier alpha value is -2.13. The van der Waals surface area contributed by atoms with E-state index in [1.54, 1.807) is 0 Å². The number of ether oxygens (including phenoxy) is 2. The molecule has 0 aliphatic rings. The van der Waals surface area contributed by atoms with E-state index in [4.69, 9.17) is 0 Å². The molecular formula is C11H14F3NO6. The second-order valence-electron chi connectivity index (χ2n) is 3.80. The van der Waals surface area contributed by atoms with Crippen molar-refractivity contribution in [1.29, 1.82) is 0 Å². The molecule has 0 fully saturated rings. The largest absolute Gasteiger partial charge is 0.471 e. The lowest BCUT2D eigenvalue weighted by Gasteiger charge is -2.17. The molecule has 0 unspecified atom stereocenters. The predicted molar refractivity (Wildman–Crippen MR) is 60.9 cm³/mol. The Balaban J connectivity index is 4.75. The van der Waals surface area contributed by atoms with E-state index in [9.17, 15) is 32.3 Å². The van der Waals surface area contributed by atoms with Crippen LogP contribution in [0.1, 0.15) is 20.3 Å². The quantitative estimate of drug-likeness (QED) is 0.670. The molecule has 0 spiro atoms. The number of halogens is 3. The number of nitrogens with one attached hydrogen (secondary N) is 1. The highest BCUT2D eigenvalue weighted by Gasteiger charge is 2.41. The molecular weight excluding hydrogens is 299 g/mol.